The molecule has 2 rings (SSSR count). The Bertz CT molecular complexity index is 456. The molecule has 0 aliphatic carbocycles. The zero-order valence-corrected chi connectivity index (χ0v) is 12.7. The quantitative estimate of drug-likeness (QED) is 0.780. The molecule has 116 valence electrons. The molecular weight excluding hydrogens is 271 g/mol. The minimum atomic E-state index is -0.194. The van der Waals surface area contributed by atoms with Gasteiger partial charge in [0.25, 0.3) is 0 Å². The highest BCUT2D eigenvalue weighted by molar-refractivity contribution is 5.77. The van der Waals surface area contributed by atoms with Gasteiger partial charge in [-0.3, -0.25) is 9.63 Å². The molecule has 5 heteroatoms. The number of hydrogen-bond donors (Lipinski definition) is 0. The summed E-state index contributed by atoms with van der Waals surface area (Å²) in [5.41, 5.74) is 1.15. The SMILES string of the molecule is CON(C)C(=O)C1CCN(CCc2ccc(F)cc2)CC1. The summed E-state index contributed by atoms with van der Waals surface area (Å²) in [6, 6.07) is 6.67. The number of hydrogen-bond acceptors (Lipinski definition) is 3. The van der Waals surface area contributed by atoms with Gasteiger partial charge >= 0.3 is 0 Å². The highest BCUT2D eigenvalue weighted by atomic mass is 19.1. The van der Waals surface area contributed by atoms with Crippen molar-refractivity contribution in [2.45, 2.75) is 19.3 Å². The summed E-state index contributed by atoms with van der Waals surface area (Å²) < 4.78 is 12.8. The number of amides is 1. The first-order chi connectivity index (χ1) is 10.1. The number of hydroxylamine groups is 2. The van der Waals surface area contributed by atoms with Gasteiger partial charge in [0.05, 0.1) is 7.11 Å². The Labute approximate surface area is 125 Å². The van der Waals surface area contributed by atoms with Crippen molar-refractivity contribution in [1.29, 1.82) is 0 Å². The van der Waals surface area contributed by atoms with Crippen molar-refractivity contribution in [2.24, 2.45) is 5.92 Å². The molecular formula is C16H23FN2O2. The van der Waals surface area contributed by atoms with E-state index in [1.165, 1.54) is 24.3 Å². The monoisotopic (exact) mass is 294 g/mol. The number of halogens is 1. The number of likely N-dealkylation sites (tertiary alicyclic amines) is 1. The summed E-state index contributed by atoms with van der Waals surface area (Å²) >= 11 is 0. The number of carbonyl (C=O) groups excluding carboxylic acids is 1. The Morgan fingerprint density at radius 1 is 1.33 bits per heavy atom. The molecule has 0 unspecified atom stereocenters. The van der Waals surface area contributed by atoms with Gasteiger partial charge in [0, 0.05) is 19.5 Å². The lowest BCUT2D eigenvalue weighted by atomic mass is 9.95. The van der Waals surface area contributed by atoms with Crippen LogP contribution in [0.1, 0.15) is 18.4 Å². The van der Waals surface area contributed by atoms with Crippen LogP contribution in [0.4, 0.5) is 4.39 Å². The van der Waals surface area contributed by atoms with Gasteiger partial charge in [-0.05, 0) is 50.0 Å². The van der Waals surface area contributed by atoms with Crippen molar-refractivity contribution in [3.63, 3.8) is 0 Å². The molecule has 0 bridgehead atoms. The molecule has 0 N–H and O–H groups in total. The van der Waals surface area contributed by atoms with Crippen LogP contribution in [0, 0.1) is 11.7 Å². The zero-order chi connectivity index (χ0) is 15.2. The maximum atomic E-state index is 12.8. The van der Waals surface area contributed by atoms with Gasteiger partial charge in [-0.15, -0.1) is 0 Å². The first-order valence-electron chi connectivity index (χ1n) is 7.38. The lowest BCUT2D eigenvalue weighted by molar-refractivity contribution is -0.174. The fourth-order valence-corrected chi connectivity index (χ4v) is 2.69. The molecule has 1 amide bonds. The second-order valence-electron chi connectivity index (χ2n) is 5.51. The van der Waals surface area contributed by atoms with Crippen LogP contribution < -0.4 is 0 Å². The molecule has 1 aromatic carbocycles. The minimum absolute atomic E-state index is 0.0654. The molecule has 1 saturated heterocycles. The number of nitrogens with zero attached hydrogens (tertiary/aromatic N) is 2. The van der Waals surface area contributed by atoms with Crippen LogP contribution in [0.15, 0.2) is 24.3 Å². The molecule has 21 heavy (non-hydrogen) atoms. The van der Waals surface area contributed by atoms with Crippen molar-refractivity contribution >= 4 is 5.91 Å². The van der Waals surface area contributed by atoms with Gasteiger partial charge < -0.3 is 4.90 Å². The fourth-order valence-electron chi connectivity index (χ4n) is 2.69. The van der Waals surface area contributed by atoms with E-state index < -0.39 is 0 Å². The fraction of sp³-hybridized carbons (Fsp3) is 0.562. The van der Waals surface area contributed by atoms with E-state index in [0.717, 1.165) is 44.5 Å². The van der Waals surface area contributed by atoms with Crippen molar-refractivity contribution in [3.8, 4) is 0 Å². The lowest BCUT2D eigenvalue weighted by Crippen LogP contribution is -2.41. The topological polar surface area (TPSA) is 32.8 Å². The third kappa shape index (κ3) is 4.51. The second-order valence-corrected chi connectivity index (χ2v) is 5.51. The zero-order valence-electron chi connectivity index (χ0n) is 12.7. The highest BCUT2D eigenvalue weighted by Gasteiger charge is 2.27. The molecule has 1 aliphatic heterocycles. The summed E-state index contributed by atoms with van der Waals surface area (Å²) in [5.74, 6) is -0.0620. The van der Waals surface area contributed by atoms with Crippen molar-refractivity contribution in [1.82, 2.24) is 9.96 Å². The smallest absolute Gasteiger partial charge is 0.249 e. The number of rotatable bonds is 5. The average molecular weight is 294 g/mol. The van der Waals surface area contributed by atoms with E-state index in [1.54, 1.807) is 7.05 Å². The van der Waals surface area contributed by atoms with E-state index in [0.29, 0.717) is 0 Å². The highest BCUT2D eigenvalue weighted by Crippen LogP contribution is 2.19. The molecule has 0 aromatic heterocycles. The van der Waals surface area contributed by atoms with Crippen molar-refractivity contribution < 1.29 is 14.0 Å². The molecule has 0 spiro atoms. The molecule has 0 saturated carbocycles. The molecule has 0 atom stereocenters. The van der Waals surface area contributed by atoms with Gasteiger partial charge in [-0.1, -0.05) is 12.1 Å². The van der Waals surface area contributed by atoms with Gasteiger partial charge in [-0.25, -0.2) is 9.45 Å². The van der Waals surface area contributed by atoms with Crippen LogP contribution >= 0.6 is 0 Å². The standard InChI is InChI=1S/C16H23FN2O2/c1-18(21-2)16(20)14-8-11-19(12-9-14)10-7-13-3-5-15(17)6-4-13/h3-6,14H,7-12H2,1-2H3. The van der Waals surface area contributed by atoms with Crippen LogP contribution in [-0.2, 0) is 16.1 Å². The summed E-state index contributed by atoms with van der Waals surface area (Å²) in [6.45, 7) is 2.80. The predicted octanol–water partition coefficient (Wildman–Crippen LogP) is 2.10. The van der Waals surface area contributed by atoms with E-state index in [-0.39, 0.29) is 17.6 Å². The van der Waals surface area contributed by atoms with Crippen LogP contribution in [0.25, 0.3) is 0 Å². The second kappa shape index (κ2) is 7.52. The summed E-state index contributed by atoms with van der Waals surface area (Å²) in [7, 11) is 3.17. The van der Waals surface area contributed by atoms with Gasteiger partial charge in [0.1, 0.15) is 5.82 Å². The van der Waals surface area contributed by atoms with E-state index in [4.69, 9.17) is 4.84 Å². The first kappa shape index (κ1) is 15.9. The van der Waals surface area contributed by atoms with Gasteiger partial charge in [-0.2, -0.15) is 0 Å². The normalized spacial score (nSPS) is 16.9. The Morgan fingerprint density at radius 2 is 1.95 bits per heavy atom. The summed E-state index contributed by atoms with van der Waals surface area (Å²) in [6.07, 6.45) is 2.66. The maximum absolute atomic E-state index is 12.8. The average Bonchev–Trinajstić information content (AvgIpc) is 2.53. The number of piperidine rings is 1. The van der Waals surface area contributed by atoms with Crippen molar-refractivity contribution in [3.05, 3.63) is 35.6 Å². The molecule has 1 aromatic rings. The van der Waals surface area contributed by atoms with Crippen LogP contribution in [-0.4, -0.2) is 49.7 Å². The third-order valence-corrected chi connectivity index (χ3v) is 4.15. The molecule has 4 nitrogen and oxygen atoms in total. The predicted molar refractivity (Wildman–Crippen MR) is 79.0 cm³/mol. The van der Waals surface area contributed by atoms with E-state index in [9.17, 15) is 9.18 Å². The first-order valence-corrected chi connectivity index (χ1v) is 7.38. The van der Waals surface area contributed by atoms with Crippen LogP contribution in [0.5, 0.6) is 0 Å². The van der Waals surface area contributed by atoms with E-state index in [2.05, 4.69) is 4.90 Å². The minimum Gasteiger partial charge on any atom is -0.303 e. The Morgan fingerprint density at radius 3 is 2.52 bits per heavy atom. The largest absolute Gasteiger partial charge is 0.303 e. The maximum Gasteiger partial charge on any atom is 0.249 e. The van der Waals surface area contributed by atoms with E-state index >= 15 is 0 Å². The van der Waals surface area contributed by atoms with Crippen LogP contribution in [0.2, 0.25) is 0 Å². The van der Waals surface area contributed by atoms with Gasteiger partial charge in [0.15, 0.2) is 0 Å². The Balaban J connectivity index is 1.74. The molecule has 1 aliphatic rings. The van der Waals surface area contributed by atoms with Gasteiger partial charge in [0.2, 0.25) is 5.91 Å². The van der Waals surface area contributed by atoms with Crippen molar-refractivity contribution in [2.75, 3.05) is 33.8 Å². The summed E-state index contributed by atoms with van der Waals surface area (Å²) in [4.78, 5) is 19.3. The molecule has 1 heterocycles. The number of benzene rings is 1. The van der Waals surface area contributed by atoms with Crippen LogP contribution in [0.3, 0.4) is 0 Å². The Kier molecular flexibility index (Phi) is 5.70. The third-order valence-electron chi connectivity index (χ3n) is 4.15. The molecule has 0 radical (unpaired) electrons. The van der Waals surface area contributed by atoms with E-state index in [1.807, 2.05) is 12.1 Å². The summed E-state index contributed by atoms with van der Waals surface area (Å²) in [5, 5.41) is 1.32. The number of carbonyl (C=O) groups is 1. The lowest BCUT2D eigenvalue weighted by Gasteiger charge is -2.32. The molecule has 1 fully saturated rings. The Hall–Kier alpha value is -1.46.